The van der Waals surface area contributed by atoms with E-state index in [1.165, 1.54) is 25.0 Å². The van der Waals surface area contributed by atoms with Gasteiger partial charge < -0.3 is 5.32 Å². The Bertz CT molecular complexity index is 468. The van der Waals surface area contributed by atoms with Crippen molar-refractivity contribution in [3.05, 3.63) is 23.5 Å². The van der Waals surface area contributed by atoms with Crippen LogP contribution in [0.3, 0.4) is 0 Å². The predicted octanol–water partition coefficient (Wildman–Crippen LogP) is 3.74. The summed E-state index contributed by atoms with van der Waals surface area (Å²) in [5.74, 6) is 0. The molecule has 2 rings (SSSR count). The van der Waals surface area contributed by atoms with Crippen LogP contribution < -0.4 is 5.32 Å². The van der Waals surface area contributed by atoms with E-state index in [0.717, 1.165) is 24.5 Å². The molecular formula is C15H25N3S. The molecule has 2 heterocycles. The first-order chi connectivity index (χ1) is 9.23. The van der Waals surface area contributed by atoms with Crippen molar-refractivity contribution in [2.45, 2.75) is 46.5 Å². The molecule has 106 valence electrons. The lowest BCUT2D eigenvalue weighted by Gasteiger charge is -2.31. The van der Waals surface area contributed by atoms with Gasteiger partial charge in [0, 0.05) is 24.3 Å². The summed E-state index contributed by atoms with van der Waals surface area (Å²) in [7, 11) is 0. The van der Waals surface area contributed by atoms with E-state index in [2.05, 4.69) is 48.3 Å². The Morgan fingerprint density at radius 1 is 1.32 bits per heavy atom. The van der Waals surface area contributed by atoms with Gasteiger partial charge in [-0.3, -0.25) is 4.40 Å². The summed E-state index contributed by atoms with van der Waals surface area (Å²) in [6.45, 7) is 9.03. The third-order valence-electron chi connectivity index (χ3n) is 4.13. The molecule has 19 heavy (non-hydrogen) atoms. The van der Waals surface area contributed by atoms with Crippen LogP contribution in [0.15, 0.2) is 17.8 Å². The van der Waals surface area contributed by atoms with Crippen LogP contribution in [0.1, 0.15) is 45.7 Å². The molecule has 0 aliphatic carbocycles. The van der Waals surface area contributed by atoms with Gasteiger partial charge in [-0.25, -0.2) is 4.98 Å². The van der Waals surface area contributed by atoms with Gasteiger partial charge in [0.05, 0.1) is 5.69 Å². The molecule has 4 heteroatoms. The maximum atomic E-state index is 4.74. The number of nitrogens with one attached hydrogen (secondary N) is 1. The highest BCUT2D eigenvalue weighted by Crippen LogP contribution is 2.30. The second kappa shape index (κ2) is 6.53. The molecule has 3 nitrogen and oxygen atoms in total. The van der Waals surface area contributed by atoms with Gasteiger partial charge in [0.25, 0.3) is 0 Å². The zero-order valence-corrected chi connectivity index (χ0v) is 13.1. The Kier molecular flexibility index (Phi) is 4.99. The molecule has 2 aromatic heterocycles. The number of imidazole rings is 1. The van der Waals surface area contributed by atoms with Crippen LogP contribution in [-0.4, -0.2) is 22.5 Å². The van der Waals surface area contributed by atoms with Crippen LogP contribution in [-0.2, 0) is 6.42 Å². The number of hydrogen-bond acceptors (Lipinski definition) is 3. The van der Waals surface area contributed by atoms with Crippen molar-refractivity contribution in [3.8, 4) is 0 Å². The molecule has 2 aromatic rings. The van der Waals surface area contributed by atoms with E-state index in [1.807, 2.05) is 0 Å². The summed E-state index contributed by atoms with van der Waals surface area (Å²) in [6.07, 6.45) is 8.95. The molecule has 0 amide bonds. The summed E-state index contributed by atoms with van der Waals surface area (Å²) >= 11 is 1.71. The molecule has 0 fully saturated rings. The van der Waals surface area contributed by atoms with Crippen molar-refractivity contribution >= 4 is 16.3 Å². The fraction of sp³-hybridized carbons (Fsp3) is 0.667. The molecule has 0 aromatic carbocycles. The van der Waals surface area contributed by atoms with Crippen LogP contribution in [0, 0.1) is 5.41 Å². The largest absolute Gasteiger partial charge is 0.316 e. The number of hydrogen-bond donors (Lipinski definition) is 1. The van der Waals surface area contributed by atoms with E-state index in [-0.39, 0.29) is 0 Å². The standard InChI is InChI=1S/C15H25N3S/c1-4-7-16-12-15(5-2,6-3)10-13-11-18-8-9-19-14(18)17-13/h8-9,11,16H,4-7,10,12H2,1-3H3. The van der Waals surface area contributed by atoms with Crippen LogP contribution in [0.25, 0.3) is 4.96 Å². The molecule has 0 aliphatic rings. The van der Waals surface area contributed by atoms with Gasteiger partial charge in [-0.05, 0) is 37.6 Å². The lowest BCUT2D eigenvalue weighted by Crippen LogP contribution is -2.35. The average molecular weight is 279 g/mol. The fourth-order valence-corrected chi connectivity index (χ4v) is 3.31. The van der Waals surface area contributed by atoms with Gasteiger partial charge in [0.15, 0.2) is 4.96 Å². The Balaban J connectivity index is 2.08. The SMILES string of the molecule is CCCNCC(CC)(CC)Cc1cn2ccsc2n1. The molecular weight excluding hydrogens is 254 g/mol. The molecule has 0 spiro atoms. The summed E-state index contributed by atoms with van der Waals surface area (Å²) in [5, 5.41) is 5.68. The van der Waals surface area contributed by atoms with Gasteiger partial charge in [0.2, 0.25) is 0 Å². The highest BCUT2D eigenvalue weighted by atomic mass is 32.1. The first-order valence-electron chi connectivity index (χ1n) is 7.35. The smallest absolute Gasteiger partial charge is 0.193 e. The normalized spacial score (nSPS) is 12.4. The van der Waals surface area contributed by atoms with Gasteiger partial charge in [-0.1, -0.05) is 20.8 Å². The van der Waals surface area contributed by atoms with Crippen LogP contribution in [0.4, 0.5) is 0 Å². The van der Waals surface area contributed by atoms with Crippen molar-refractivity contribution < 1.29 is 0 Å². The third-order valence-corrected chi connectivity index (χ3v) is 4.90. The van der Waals surface area contributed by atoms with Gasteiger partial charge in [-0.15, -0.1) is 11.3 Å². The molecule has 0 radical (unpaired) electrons. The number of fused-ring (bicyclic) bond motifs is 1. The Morgan fingerprint density at radius 3 is 2.74 bits per heavy atom. The van der Waals surface area contributed by atoms with E-state index < -0.39 is 0 Å². The van der Waals surface area contributed by atoms with Crippen molar-refractivity contribution in [1.29, 1.82) is 0 Å². The first-order valence-corrected chi connectivity index (χ1v) is 8.22. The van der Waals surface area contributed by atoms with Gasteiger partial charge in [0.1, 0.15) is 0 Å². The van der Waals surface area contributed by atoms with E-state index in [0.29, 0.717) is 5.41 Å². The minimum atomic E-state index is 0.346. The van der Waals surface area contributed by atoms with Crippen LogP contribution in [0.5, 0.6) is 0 Å². The van der Waals surface area contributed by atoms with Crippen molar-refractivity contribution in [3.63, 3.8) is 0 Å². The van der Waals surface area contributed by atoms with E-state index in [9.17, 15) is 0 Å². The van der Waals surface area contributed by atoms with E-state index in [1.54, 1.807) is 11.3 Å². The lowest BCUT2D eigenvalue weighted by molar-refractivity contribution is 0.245. The number of thiazole rings is 1. The number of rotatable bonds is 8. The molecule has 0 atom stereocenters. The fourth-order valence-electron chi connectivity index (χ4n) is 2.59. The minimum Gasteiger partial charge on any atom is -0.316 e. The predicted molar refractivity (Wildman–Crippen MR) is 82.9 cm³/mol. The number of aromatic nitrogens is 2. The number of nitrogens with zero attached hydrogens (tertiary/aromatic N) is 2. The maximum absolute atomic E-state index is 4.74. The summed E-state index contributed by atoms with van der Waals surface area (Å²) in [4.78, 5) is 5.84. The summed E-state index contributed by atoms with van der Waals surface area (Å²) in [5.41, 5.74) is 1.58. The molecule has 0 saturated carbocycles. The van der Waals surface area contributed by atoms with Crippen molar-refractivity contribution in [1.82, 2.24) is 14.7 Å². The van der Waals surface area contributed by atoms with Crippen LogP contribution in [0.2, 0.25) is 0 Å². The Labute approximate surface area is 120 Å². The summed E-state index contributed by atoms with van der Waals surface area (Å²) < 4.78 is 2.13. The van der Waals surface area contributed by atoms with Crippen molar-refractivity contribution in [2.24, 2.45) is 5.41 Å². The second-order valence-electron chi connectivity index (χ2n) is 5.39. The van der Waals surface area contributed by atoms with E-state index >= 15 is 0 Å². The minimum absolute atomic E-state index is 0.346. The first kappa shape index (κ1) is 14.5. The monoisotopic (exact) mass is 279 g/mol. The Morgan fingerprint density at radius 2 is 2.11 bits per heavy atom. The average Bonchev–Trinajstić information content (AvgIpc) is 2.98. The molecule has 0 aliphatic heterocycles. The third kappa shape index (κ3) is 3.37. The van der Waals surface area contributed by atoms with Gasteiger partial charge in [-0.2, -0.15) is 0 Å². The Hall–Kier alpha value is -0.870. The second-order valence-corrected chi connectivity index (χ2v) is 6.26. The highest BCUT2D eigenvalue weighted by molar-refractivity contribution is 7.15. The zero-order chi connectivity index (χ0) is 13.7. The lowest BCUT2D eigenvalue weighted by atomic mass is 9.78. The van der Waals surface area contributed by atoms with Gasteiger partial charge >= 0.3 is 0 Å². The molecule has 0 saturated heterocycles. The zero-order valence-electron chi connectivity index (χ0n) is 12.3. The molecule has 1 N–H and O–H groups in total. The summed E-state index contributed by atoms with van der Waals surface area (Å²) in [6, 6.07) is 0. The van der Waals surface area contributed by atoms with Crippen LogP contribution >= 0.6 is 11.3 Å². The van der Waals surface area contributed by atoms with E-state index in [4.69, 9.17) is 4.98 Å². The molecule has 0 unspecified atom stereocenters. The maximum Gasteiger partial charge on any atom is 0.193 e. The quantitative estimate of drug-likeness (QED) is 0.746. The highest BCUT2D eigenvalue weighted by Gasteiger charge is 2.27. The molecule has 0 bridgehead atoms. The topological polar surface area (TPSA) is 29.3 Å². The van der Waals surface area contributed by atoms with Crippen molar-refractivity contribution in [2.75, 3.05) is 13.1 Å².